The first kappa shape index (κ1) is 12.7. The molecule has 0 saturated heterocycles. The number of anilines is 1. The van der Waals surface area contributed by atoms with Crippen LogP contribution in [0.15, 0.2) is 36.7 Å². The normalized spacial score (nSPS) is 10.8. The zero-order valence-electron chi connectivity index (χ0n) is 10.5. The van der Waals surface area contributed by atoms with Gasteiger partial charge in [0.25, 0.3) is 5.78 Å². The molecule has 2 N–H and O–H groups in total. The molecule has 0 atom stereocenters. The van der Waals surface area contributed by atoms with Crippen LogP contribution in [0.5, 0.6) is 5.75 Å². The summed E-state index contributed by atoms with van der Waals surface area (Å²) in [5.41, 5.74) is 1.13. The second-order valence-electron chi connectivity index (χ2n) is 4.28. The van der Waals surface area contributed by atoms with Crippen LogP contribution in [0.4, 0.5) is 5.82 Å². The predicted octanol–water partition coefficient (Wildman–Crippen LogP) is 2.14. The predicted molar refractivity (Wildman–Crippen MR) is 76.1 cm³/mol. The van der Waals surface area contributed by atoms with E-state index in [1.54, 1.807) is 22.7 Å². The summed E-state index contributed by atoms with van der Waals surface area (Å²) in [6.45, 7) is 0.708. The van der Waals surface area contributed by atoms with Crippen LogP contribution in [0.1, 0.15) is 5.56 Å². The van der Waals surface area contributed by atoms with Crippen molar-refractivity contribution in [1.29, 1.82) is 0 Å². The summed E-state index contributed by atoms with van der Waals surface area (Å²) in [7, 11) is 0. The third kappa shape index (κ3) is 2.65. The average Bonchev–Trinajstić information content (AvgIpc) is 2.89. The third-order valence-electron chi connectivity index (χ3n) is 2.88. The second-order valence-corrected chi connectivity index (χ2v) is 4.67. The van der Waals surface area contributed by atoms with Gasteiger partial charge in [-0.1, -0.05) is 23.7 Å². The number of phenolic OH excluding ortho intramolecular Hbond substituents is 1. The Hall–Kier alpha value is -2.34. The number of benzene rings is 1. The molecule has 1 aromatic carbocycles. The lowest BCUT2D eigenvalue weighted by Gasteiger charge is -2.08. The van der Waals surface area contributed by atoms with Crippen LogP contribution in [0.2, 0.25) is 5.15 Å². The molecule has 3 rings (SSSR count). The number of aromatic nitrogens is 4. The summed E-state index contributed by atoms with van der Waals surface area (Å²) in [6.07, 6.45) is 2.25. The van der Waals surface area contributed by atoms with Crippen LogP contribution < -0.4 is 5.32 Å². The Kier molecular flexibility index (Phi) is 3.39. The zero-order valence-corrected chi connectivity index (χ0v) is 11.2. The molecule has 2 aromatic heterocycles. The van der Waals surface area contributed by atoms with Crippen LogP contribution in [0, 0.1) is 0 Å². The molecule has 0 aliphatic carbocycles. The van der Waals surface area contributed by atoms with Crippen molar-refractivity contribution in [3.8, 4) is 5.75 Å². The van der Waals surface area contributed by atoms with Gasteiger partial charge in [0.1, 0.15) is 23.0 Å². The van der Waals surface area contributed by atoms with Crippen LogP contribution in [0.3, 0.4) is 0 Å². The van der Waals surface area contributed by atoms with Gasteiger partial charge in [-0.2, -0.15) is 19.6 Å². The molecule has 6 nitrogen and oxygen atoms in total. The van der Waals surface area contributed by atoms with Gasteiger partial charge in [-0.3, -0.25) is 0 Å². The highest BCUT2D eigenvalue weighted by molar-refractivity contribution is 6.29. The molecule has 0 spiro atoms. The summed E-state index contributed by atoms with van der Waals surface area (Å²) < 4.78 is 1.60. The number of rotatable bonds is 4. The molecule has 0 aliphatic rings. The Balaban J connectivity index is 1.70. The summed E-state index contributed by atoms with van der Waals surface area (Å²) in [4.78, 5) is 8.06. The van der Waals surface area contributed by atoms with Crippen molar-refractivity contribution in [3.05, 3.63) is 47.4 Å². The molecule has 3 aromatic rings. The third-order valence-corrected chi connectivity index (χ3v) is 3.07. The van der Waals surface area contributed by atoms with E-state index in [-0.39, 0.29) is 5.75 Å². The first-order valence-corrected chi connectivity index (χ1v) is 6.48. The van der Waals surface area contributed by atoms with Crippen LogP contribution in [-0.4, -0.2) is 31.2 Å². The van der Waals surface area contributed by atoms with Crippen LogP contribution >= 0.6 is 11.6 Å². The van der Waals surface area contributed by atoms with Gasteiger partial charge >= 0.3 is 0 Å². The summed E-state index contributed by atoms with van der Waals surface area (Å²) in [6, 6.07) is 8.84. The Bertz CT molecular complexity index is 725. The highest BCUT2D eigenvalue weighted by Crippen LogP contribution is 2.15. The molecular formula is C13H12ClN5O. The quantitative estimate of drug-likeness (QED) is 0.720. The van der Waals surface area contributed by atoms with Crippen LogP contribution in [-0.2, 0) is 6.42 Å². The number of nitrogens with one attached hydrogen (secondary N) is 1. The van der Waals surface area contributed by atoms with Gasteiger partial charge in [0.2, 0.25) is 0 Å². The molecule has 0 fully saturated rings. The average molecular weight is 290 g/mol. The maximum absolute atomic E-state index is 9.23. The zero-order chi connectivity index (χ0) is 13.9. The largest absolute Gasteiger partial charge is 0.508 e. The first-order valence-electron chi connectivity index (χ1n) is 6.10. The molecule has 0 bridgehead atoms. The standard InChI is InChI=1S/C13H12ClN5O/c14-11-7-12(19-13(18-11)16-8-17-19)15-6-5-9-1-3-10(20)4-2-9/h1-4,7-8,15,20H,5-6H2. The molecule has 0 aliphatic heterocycles. The van der Waals surface area contributed by atoms with Gasteiger partial charge in [0.05, 0.1) is 0 Å². The monoisotopic (exact) mass is 289 g/mol. The fourth-order valence-corrected chi connectivity index (χ4v) is 2.09. The highest BCUT2D eigenvalue weighted by atomic mass is 35.5. The van der Waals surface area contributed by atoms with E-state index in [2.05, 4.69) is 20.4 Å². The summed E-state index contributed by atoms with van der Waals surface area (Å²) >= 11 is 5.93. The number of hydrogen-bond acceptors (Lipinski definition) is 5. The number of hydrogen-bond donors (Lipinski definition) is 2. The maximum Gasteiger partial charge on any atom is 0.255 e. The Morgan fingerprint density at radius 1 is 1.25 bits per heavy atom. The van der Waals surface area contributed by atoms with Crippen molar-refractivity contribution in [2.45, 2.75) is 6.42 Å². The van der Waals surface area contributed by atoms with E-state index in [9.17, 15) is 5.11 Å². The van der Waals surface area contributed by atoms with Crippen LogP contribution in [0.25, 0.3) is 5.78 Å². The van der Waals surface area contributed by atoms with Gasteiger partial charge in [-0.05, 0) is 24.1 Å². The topological polar surface area (TPSA) is 75.3 Å². The van der Waals surface area contributed by atoms with E-state index >= 15 is 0 Å². The van der Waals surface area contributed by atoms with E-state index < -0.39 is 0 Å². The fourth-order valence-electron chi connectivity index (χ4n) is 1.91. The Morgan fingerprint density at radius 3 is 2.85 bits per heavy atom. The molecule has 0 amide bonds. The lowest BCUT2D eigenvalue weighted by Crippen LogP contribution is -2.09. The van der Waals surface area contributed by atoms with Crippen molar-refractivity contribution in [3.63, 3.8) is 0 Å². The highest BCUT2D eigenvalue weighted by Gasteiger charge is 2.05. The van der Waals surface area contributed by atoms with Gasteiger partial charge in [0, 0.05) is 12.6 Å². The fraction of sp³-hybridized carbons (Fsp3) is 0.154. The molecule has 102 valence electrons. The van der Waals surface area contributed by atoms with Crippen molar-refractivity contribution in [1.82, 2.24) is 19.6 Å². The second kappa shape index (κ2) is 5.34. The number of nitrogens with zero attached hydrogens (tertiary/aromatic N) is 4. The van der Waals surface area contributed by atoms with E-state index in [0.29, 0.717) is 17.5 Å². The van der Waals surface area contributed by atoms with Crippen molar-refractivity contribution >= 4 is 23.2 Å². The van der Waals surface area contributed by atoms with Gasteiger partial charge < -0.3 is 10.4 Å². The van der Waals surface area contributed by atoms with E-state index in [4.69, 9.17) is 11.6 Å². The van der Waals surface area contributed by atoms with Crippen molar-refractivity contribution < 1.29 is 5.11 Å². The minimum atomic E-state index is 0.270. The number of phenols is 1. The maximum atomic E-state index is 9.23. The number of fused-ring (bicyclic) bond motifs is 1. The molecule has 0 saturated carbocycles. The SMILES string of the molecule is Oc1ccc(CCNc2cc(Cl)nc3ncnn23)cc1. The first-order chi connectivity index (χ1) is 9.72. The van der Waals surface area contributed by atoms with Gasteiger partial charge in [0.15, 0.2) is 0 Å². The summed E-state index contributed by atoms with van der Waals surface area (Å²) in [5, 5.41) is 16.9. The van der Waals surface area contributed by atoms with E-state index in [1.165, 1.54) is 6.33 Å². The smallest absolute Gasteiger partial charge is 0.255 e. The molecule has 0 unspecified atom stereocenters. The van der Waals surface area contributed by atoms with E-state index in [0.717, 1.165) is 17.8 Å². The van der Waals surface area contributed by atoms with Crippen molar-refractivity contribution in [2.24, 2.45) is 0 Å². The molecule has 2 heterocycles. The molecule has 20 heavy (non-hydrogen) atoms. The van der Waals surface area contributed by atoms with Gasteiger partial charge in [-0.15, -0.1) is 0 Å². The van der Waals surface area contributed by atoms with Gasteiger partial charge in [-0.25, -0.2) is 0 Å². The minimum absolute atomic E-state index is 0.270. The lowest BCUT2D eigenvalue weighted by atomic mass is 10.1. The Labute approximate surface area is 120 Å². The van der Waals surface area contributed by atoms with E-state index in [1.807, 2.05) is 12.1 Å². The molecular weight excluding hydrogens is 278 g/mol. The number of halogens is 1. The molecule has 0 radical (unpaired) electrons. The van der Waals surface area contributed by atoms with Crippen molar-refractivity contribution in [2.75, 3.05) is 11.9 Å². The minimum Gasteiger partial charge on any atom is -0.508 e. The Morgan fingerprint density at radius 2 is 2.05 bits per heavy atom. The molecule has 7 heteroatoms. The lowest BCUT2D eigenvalue weighted by molar-refractivity contribution is 0.475. The summed E-state index contributed by atoms with van der Waals surface area (Å²) in [5.74, 6) is 1.48. The number of aromatic hydroxyl groups is 1.